The average molecular weight is 248 g/mol. The number of rotatable bonds is 2. The van der Waals surface area contributed by atoms with Crippen molar-refractivity contribution in [2.75, 3.05) is 11.9 Å². The second kappa shape index (κ2) is 5.40. The third-order valence-corrected chi connectivity index (χ3v) is 3.40. The van der Waals surface area contributed by atoms with Gasteiger partial charge in [-0.2, -0.15) is 0 Å². The number of benzene rings is 1. The standard InChI is InChI=1S/C14H20N2O2/c1-9-3-4-13(17)12(7-9)16-14(18)11-5-6-15-10(2)8-11/h3-4,7,10-11,15,17H,5-6,8H2,1-2H3,(H,16,18). The van der Waals surface area contributed by atoms with Crippen molar-refractivity contribution in [2.45, 2.75) is 32.7 Å². The molecule has 1 aliphatic heterocycles. The van der Waals surface area contributed by atoms with Crippen LogP contribution >= 0.6 is 0 Å². The second-order valence-electron chi connectivity index (χ2n) is 5.09. The van der Waals surface area contributed by atoms with E-state index in [-0.39, 0.29) is 17.6 Å². The van der Waals surface area contributed by atoms with Crippen LogP contribution in [0.4, 0.5) is 5.69 Å². The van der Waals surface area contributed by atoms with Crippen molar-refractivity contribution in [3.8, 4) is 5.75 Å². The summed E-state index contributed by atoms with van der Waals surface area (Å²) in [5.41, 5.74) is 1.52. The fraction of sp³-hybridized carbons (Fsp3) is 0.500. The predicted octanol–water partition coefficient (Wildman–Crippen LogP) is 2.03. The molecular weight excluding hydrogens is 228 g/mol. The average Bonchev–Trinajstić information content (AvgIpc) is 2.34. The number of hydrogen-bond acceptors (Lipinski definition) is 3. The van der Waals surface area contributed by atoms with E-state index in [0.717, 1.165) is 24.9 Å². The van der Waals surface area contributed by atoms with E-state index in [0.29, 0.717) is 11.7 Å². The Hall–Kier alpha value is -1.55. The molecular formula is C14H20N2O2. The molecule has 0 saturated carbocycles. The number of aromatic hydroxyl groups is 1. The van der Waals surface area contributed by atoms with Gasteiger partial charge in [-0.25, -0.2) is 0 Å². The van der Waals surface area contributed by atoms with Crippen molar-refractivity contribution in [1.29, 1.82) is 0 Å². The minimum Gasteiger partial charge on any atom is -0.506 e. The van der Waals surface area contributed by atoms with Gasteiger partial charge in [0.1, 0.15) is 5.75 Å². The van der Waals surface area contributed by atoms with Crippen molar-refractivity contribution in [1.82, 2.24) is 5.32 Å². The molecule has 2 atom stereocenters. The first-order chi connectivity index (χ1) is 8.56. The fourth-order valence-corrected chi connectivity index (χ4v) is 2.35. The molecule has 1 aliphatic rings. The summed E-state index contributed by atoms with van der Waals surface area (Å²) in [6.45, 7) is 4.89. The van der Waals surface area contributed by atoms with Crippen LogP contribution in [0.25, 0.3) is 0 Å². The van der Waals surface area contributed by atoms with Gasteiger partial charge in [0.25, 0.3) is 0 Å². The number of carbonyl (C=O) groups excluding carboxylic acids is 1. The first kappa shape index (κ1) is 12.9. The highest BCUT2D eigenvalue weighted by molar-refractivity contribution is 5.94. The van der Waals surface area contributed by atoms with Crippen LogP contribution in [0, 0.1) is 12.8 Å². The van der Waals surface area contributed by atoms with Gasteiger partial charge >= 0.3 is 0 Å². The van der Waals surface area contributed by atoms with Crippen LogP contribution in [0.5, 0.6) is 5.75 Å². The van der Waals surface area contributed by atoms with Gasteiger partial charge in [0.15, 0.2) is 0 Å². The van der Waals surface area contributed by atoms with Crippen LogP contribution in [0.1, 0.15) is 25.3 Å². The SMILES string of the molecule is Cc1ccc(O)c(NC(=O)C2CCNC(C)C2)c1. The summed E-state index contributed by atoms with van der Waals surface area (Å²) in [5, 5.41) is 15.9. The Kier molecular flexibility index (Phi) is 3.87. The Morgan fingerprint density at radius 3 is 3.00 bits per heavy atom. The first-order valence-corrected chi connectivity index (χ1v) is 6.40. The maximum Gasteiger partial charge on any atom is 0.227 e. The smallest absolute Gasteiger partial charge is 0.227 e. The Balaban J connectivity index is 2.04. The summed E-state index contributed by atoms with van der Waals surface area (Å²) < 4.78 is 0. The van der Waals surface area contributed by atoms with E-state index < -0.39 is 0 Å². The van der Waals surface area contributed by atoms with E-state index in [1.807, 2.05) is 13.0 Å². The van der Waals surface area contributed by atoms with Gasteiger partial charge in [-0.15, -0.1) is 0 Å². The number of nitrogens with one attached hydrogen (secondary N) is 2. The molecule has 3 N–H and O–H groups in total. The Labute approximate surface area is 107 Å². The summed E-state index contributed by atoms with van der Waals surface area (Å²) in [6, 6.07) is 5.59. The molecule has 1 fully saturated rings. The lowest BCUT2D eigenvalue weighted by Gasteiger charge is -2.27. The van der Waals surface area contributed by atoms with Crippen LogP contribution in [-0.4, -0.2) is 23.6 Å². The zero-order chi connectivity index (χ0) is 13.1. The Morgan fingerprint density at radius 2 is 2.28 bits per heavy atom. The van der Waals surface area contributed by atoms with Crippen LogP contribution < -0.4 is 10.6 Å². The lowest BCUT2D eigenvalue weighted by Crippen LogP contribution is -2.40. The summed E-state index contributed by atoms with van der Waals surface area (Å²) in [4.78, 5) is 12.1. The third-order valence-electron chi connectivity index (χ3n) is 3.40. The molecule has 1 heterocycles. The highest BCUT2D eigenvalue weighted by Gasteiger charge is 2.25. The zero-order valence-corrected chi connectivity index (χ0v) is 10.9. The molecule has 4 heteroatoms. The van der Waals surface area contributed by atoms with Gasteiger partial charge in [0.2, 0.25) is 5.91 Å². The minimum atomic E-state index is 0.00394. The quantitative estimate of drug-likeness (QED) is 0.702. The molecule has 1 saturated heterocycles. The number of aryl methyl sites for hydroxylation is 1. The highest BCUT2D eigenvalue weighted by Crippen LogP contribution is 2.26. The van der Waals surface area contributed by atoms with Crippen molar-refractivity contribution < 1.29 is 9.90 Å². The molecule has 2 unspecified atom stereocenters. The summed E-state index contributed by atoms with van der Waals surface area (Å²) in [5.74, 6) is 0.154. The van der Waals surface area contributed by atoms with Crippen molar-refractivity contribution in [3.63, 3.8) is 0 Å². The van der Waals surface area contributed by atoms with E-state index in [1.165, 1.54) is 0 Å². The second-order valence-corrected chi connectivity index (χ2v) is 5.09. The van der Waals surface area contributed by atoms with Crippen LogP contribution in [0.2, 0.25) is 0 Å². The van der Waals surface area contributed by atoms with E-state index in [1.54, 1.807) is 12.1 Å². The van der Waals surface area contributed by atoms with Crippen LogP contribution in [0.15, 0.2) is 18.2 Å². The molecule has 0 bridgehead atoms. The Bertz CT molecular complexity index is 445. The van der Waals surface area contributed by atoms with Crippen LogP contribution in [-0.2, 0) is 4.79 Å². The first-order valence-electron chi connectivity index (χ1n) is 6.40. The molecule has 1 aromatic rings. The number of piperidine rings is 1. The lowest BCUT2D eigenvalue weighted by atomic mass is 9.92. The van der Waals surface area contributed by atoms with Gasteiger partial charge in [-0.1, -0.05) is 6.07 Å². The molecule has 18 heavy (non-hydrogen) atoms. The molecule has 4 nitrogen and oxygen atoms in total. The third kappa shape index (κ3) is 3.01. The predicted molar refractivity (Wildman–Crippen MR) is 71.7 cm³/mol. The monoisotopic (exact) mass is 248 g/mol. The molecule has 98 valence electrons. The van der Waals surface area contributed by atoms with Crippen molar-refractivity contribution in [3.05, 3.63) is 23.8 Å². The number of phenols is 1. The van der Waals surface area contributed by atoms with Gasteiger partial charge in [0.05, 0.1) is 5.69 Å². The minimum absolute atomic E-state index is 0.00394. The molecule has 2 rings (SSSR count). The molecule has 0 aromatic heterocycles. The number of phenolic OH excluding ortho intramolecular Hbond substituents is 1. The topological polar surface area (TPSA) is 61.4 Å². The van der Waals surface area contributed by atoms with Crippen molar-refractivity contribution in [2.24, 2.45) is 5.92 Å². The maximum atomic E-state index is 12.1. The molecule has 0 aliphatic carbocycles. The summed E-state index contributed by atoms with van der Waals surface area (Å²) in [7, 11) is 0. The number of carbonyl (C=O) groups is 1. The summed E-state index contributed by atoms with van der Waals surface area (Å²) >= 11 is 0. The molecule has 1 aromatic carbocycles. The molecule has 0 spiro atoms. The van der Waals surface area contributed by atoms with Gasteiger partial charge in [-0.3, -0.25) is 4.79 Å². The highest BCUT2D eigenvalue weighted by atomic mass is 16.3. The van der Waals surface area contributed by atoms with E-state index in [9.17, 15) is 9.90 Å². The van der Waals surface area contributed by atoms with E-state index >= 15 is 0 Å². The lowest BCUT2D eigenvalue weighted by molar-refractivity contribution is -0.120. The van der Waals surface area contributed by atoms with E-state index in [2.05, 4.69) is 17.6 Å². The molecule has 0 radical (unpaired) electrons. The van der Waals surface area contributed by atoms with Gasteiger partial charge in [0, 0.05) is 12.0 Å². The molecule has 1 amide bonds. The largest absolute Gasteiger partial charge is 0.506 e. The van der Waals surface area contributed by atoms with Gasteiger partial charge in [-0.05, 0) is 50.9 Å². The number of anilines is 1. The number of hydrogen-bond donors (Lipinski definition) is 3. The van der Waals surface area contributed by atoms with Gasteiger partial charge < -0.3 is 15.7 Å². The zero-order valence-electron chi connectivity index (χ0n) is 10.9. The van der Waals surface area contributed by atoms with E-state index in [4.69, 9.17) is 0 Å². The summed E-state index contributed by atoms with van der Waals surface area (Å²) in [6.07, 6.45) is 1.70. The normalized spacial score (nSPS) is 23.7. The number of amides is 1. The van der Waals surface area contributed by atoms with Crippen LogP contribution in [0.3, 0.4) is 0 Å². The Morgan fingerprint density at radius 1 is 1.50 bits per heavy atom. The van der Waals surface area contributed by atoms with Crippen molar-refractivity contribution >= 4 is 11.6 Å². The fourth-order valence-electron chi connectivity index (χ4n) is 2.35. The maximum absolute atomic E-state index is 12.1.